The normalized spacial score (nSPS) is 17.3. The van der Waals surface area contributed by atoms with Crippen molar-refractivity contribution >= 4 is 40.4 Å². The van der Waals surface area contributed by atoms with Gasteiger partial charge in [-0.15, -0.1) is 11.3 Å². The molecule has 0 bridgehead atoms. The number of benzene rings is 1. The summed E-state index contributed by atoms with van der Waals surface area (Å²) >= 11 is 7.44. The number of halogens is 1. The van der Waals surface area contributed by atoms with E-state index in [-0.39, 0.29) is 5.91 Å². The van der Waals surface area contributed by atoms with Crippen LogP contribution in [-0.4, -0.2) is 60.5 Å². The third kappa shape index (κ3) is 3.69. The average Bonchev–Trinajstić information content (AvgIpc) is 3.21. The third-order valence-corrected chi connectivity index (χ3v) is 7.06. The molecule has 2 aromatic heterocycles. The van der Waals surface area contributed by atoms with E-state index < -0.39 is 0 Å². The molecule has 8 heteroatoms. The van der Waals surface area contributed by atoms with E-state index in [1.807, 2.05) is 47.5 Å². The minimum Gasteiger partial charge on any atom is -0.354 e. The van der Waals surface area contributed by atoms with Gasteiger partial charge >= 0.3 is 0 Å². The molecule has 6 nitrogen and oxygen atoms in total. The van der Waals surface area contributed by atoms with Crippen molar-refractivity contribution in [3.8, 4) is 10.6 Å². The summed E-state index contributed by atoms with van der Waals surface area (Å²) in [5.41, 5.74) is 2.70. The molecule has 0 saturated carbocycles. The molecule has 4 heterocycles. The predicted octanol–water partition coefficient (Wildman–Crippen LogP) is 3.81. The number of amides is 1. The molecular formula is C22H22ClN5OS. The zero-order valence-corrected chi connectivity index (χ0v) is 18.3. The molecule has 30 heavy (non-hydrogen) atoms. The van der Waals surface area contributed by atoms with E-state index in [1.165, 1.54) is 11.3 Å². The van der Waals surface area contributed by atoms with Crippen molar-refractivity contribution in [1.29, 1.82) is 0 Å². The molecule has 154 valence electrons. The number of fused-ring (bicyclic) bond motifs is 1. The van der Waals surface area contributed by atoms with Crippen molar-refractivity contribution in [3.63, 3.8) is 0 Å². The highest BCUT2D eigenvalue weighted by molar-refractivity contribution is 7.17. The first-order chi connectivity index (χ1) is 14.6. The quantitative estimate of drug-likeness (QED) is 0.621. The number of hydrogen-bond acceptors (Lipinski definition) is 6. The number of rotatable bonds is 3. The third-order valence-electron chi connectivity index (χ3n) is 5.67. The van der Waals surface area contributed by atoms with Gasteiger partial charge in [0.15, 0.2) is 0 Å². The Kier molecular flexibility index (Phi) is 5.18. The number of anilines is 2. The van der Waals surface area contributed by atoms with E-state index >= 15 is 0 Å². The Hall–Kier alpha value is -2.48. The van der Waals surface area contributed by atoms with Crippen LogP contribution < -0.4 is 9.80 Å². The minimum atomic E-state index is 0.00288. The van der Waals surface area contributed by atoms with Crippen LogP contribution in [0.1, 0.15) is 15.4 Å². The second-order valence-corrected chi connectivity index (χ2v) is 9.11. The fourth-order valence-electron chi connectivity index (χ4n) is 3.85. The van der Waals surface area contributed by atoms with Gasteiger partial charge in [0, 0.05) is 49.7 Å². The molecule has 1 amide bonds. The van der Waals surface area contributed by atoms with Gasteiger partial charge in [0.25, 0.3) is 5.91 Å². The molecule has 0 radical (unpaired) electrons. The fraction of sp³-hybridized carbons (Fsp3) is 0.318. The maximum absolute atomic E-state index is 13.2. The molecule has 2 aliphatic rings. The number of piperazine rings is 1. The Labute approximate surface area is 184 Å². The lowest BCUT2D eigenvalue weighted by molar-refractivity contribution is 0.0984. The molecule has 5 rings (SSSR count). The number of hydrogen-bond donors (Lipinski definition) is 0. The van der Waals surface area contributed by atoms with E-state index in [4.69, 9.17) is 16.6 Å². The summed E-state index contributed by atoms with van der Waals surface area (Å²) < 4.78 is 0. The van der Waals surface area contributed by atoms with Gasteiger partial charge in [0.1, 0.15) is 15.7 Å². The van der Waals surface area contributed by atoms with Crippen molar-refractivity contribution < 1.29 is 4.79 Å². The van der Waals surface area contributed by atoms with E-state index in [0.29, 0.717) is 16.4 Å². The van der Waals surface area contributed by atoms with E-state index in [2.05, 4.69) is 21.8 Å². The van der Waals surface area contributed by atoms with Crippen LogP contribution in [0.2, 0.25) is 5.02 Å². The van der Waals surface area contributed by atoms with Crippen LogP contribution in [0.15, 0.2) is 42.6 Å². The van der Waals surface area contributed by atoms with Crippen LogP contribution in [0, 0.1) is 0 Å². The minimum absolute atomic E-state index is 0.00288. The molecule has 1 fully saturated rings. The zero-order valence-electron chi connectivity index (χ0n) is 16.7. The van der Waals surface area contributed by atoms with Gasteiger partial charge < -0.3 is 14.7 Å². The topological polar surface area (TPSA) is 52.6 Å². The number of likely N-dealkylation sites (N-methyl/N-ethyl adjacent to an activating group) is 1. The lowest BCUT2D eigenvalue weighted by Crippen LogP contribution is -2.44. The highest BCUT2D eigenvalue weighted by atomic mass is 35.5. The van der Waals surface area contributed by atoms with Crippen LogP contribution in [0.5, 0.6) is 0 Å². The first-order valence-electron chi connectivity index (χ1n) is 10.1. The Balaban J connectivity index is 1.35. The number of nitrogens with zero attached hydrogens (tertiary/aromatic N) is 5. The molecule has 3 aromatic rings. The largest absolute Gasteiger partial charge is 0.354 e. The molecule has 1 saturated heterocycles. The molecule has 0 atom stereocenters. The van der Waals surface area contributed by atoms with E-state index in [0.717, 1.165) is 60.4 Å². The van der Waals surface area contributed by atoms with Crippen molar-refractivity contribution in [2.75, 3.05) is 49.6 Å². The van der Waals surface area contributed by atoms with Crippen molar-refractivity contribution in [1.82, 2.24) is 14.9 Å². The number of pyridine rings is 1. The number of thiazole rings is 1. The van der Waals surface area contributed by atoms with Crippen LogP contribution in [0.25, 0.3) is 10.6 Å². The summed E-state index contributed by atoms with van der Waals surface area (Å²) in [5, 5.41) is 1.55. The van der Waals surface area contributed by atoms with Gasteiger partial charge in [-0.25, -0.2) is 9.97 Å². The average molecular weight is 440 g/mol. The smallest absolute Gasteiger partial charge is 0.270 e. The van der Waals surface area contributed by atoms with Gasteiger partial charge in [-0.05, 0) is 31.3 Å². The van der Waals surface area contributed by atoms with Crippen molar-refractivity contribution in [2.45, 2.75) is 6.42 Å². The fourth-order valence-corrected chi connectivity index (χ4v) is 5.05. The summed E-state index contributed by atoms with van der Waals surface area (Å²) in [4.78, 5) is 29.7. The summed E-state index contributed by atoms with van der Waals surface area (Å²) in [6, 6.07) is 11.6. The Morgan fingerprint density at radius 2 is 1.77 bits per heavy atom. The second kappa shape index (κ2) is 7.98. The maximum Gasteiger partial charge on any atom is 0.270 e. The lowest BCUT2D eigenvalue weighted by Gasteiger charge is -2.33. The predicted molar refractivity (Wildman–Crippen MR) is 122 cm³/mol. The number of carbonyl (C=O) groups is 1. The molecule has 0 N–H and O–H groups in total. The standard InChI is InChI=1S/C22H22ClN5OS/c1-26-10-12-27(13-11-26)19-7-6-17(14-24-19)28-9-8-18-20(22(28)29)30-21(25-18)15-2-4-16(23)5-3-15/h2-7,14H,8-13H2,1H3. The van der Waals surface area contributed by atoms with Gasteiger partial charge in [0.2, 0.25) is 0 Å². The Morgan fingerprint density at radius 3 is 2.47 bits per heavy atom. The summed E-state index contributed by atoms with van der Waals surface area (Å²) in [5.74, 6) is 0.975. The molecule has 0 unspecified atom stereocenters. The SMILES string of the molecule is CN1CCN(c2ccc(N3CCc4nc(-c5ccc(Cl)cc5)sc4C3=O)cn2)CC1. The van der Waals surface area contributed by atoms with Crippen molar-refractivity contribution in [3.05, 3.63) is 58.2 Å². The number of carbonyl (C=O) groups excluding carboxylic acids is 1. The van der Waals surface area contributed by atoms with Crippen LogP contribution in [0.3, 0.4) is 0 Å². The van der Waals surface area contributed by atoms with Gasteiger partial charge in [-0.2, -0.15) is 0 Å². The lowest BCUT2D eigenvalue weighted by atomic mass is 10.1. The molecule has 0 spiro atoms. The van der Waals surface area contributed by atoms with E-state index in [1.54, 1.807) is 0 Å². The van der Waals surface area contributed by atoms with Gasteiger partial charge in [-0.1, -0.05) is 23.7 Å². The highest BCUT2D eigenvalue weighted by Crippen LogP contribution is 2.34. The van der Waals surface area contributed by atoms with Gasteiger partial charge in [0.05, 0.1) is 17.6 Å². The first kappa shape index (κ1) is 19.5. The summed E-state index contributed by atoms with van der Waals surface area (Å²) in [6.07, 6.45) is 2.56. The maximum atomic E-state index is 13.2. The monoisotopic (exact) mass is 439 g/mol. The Bertz CT molecular complexity index is 1060. The van der Waals surface area contributed by atoms with Crippen molar-refractivity contribution in [2.24, 2.45) is 0 Å². The molecular weight excluding hydrogens is 418 g/mol. The zero-order chi connectivity index (χ0) is 20.7. The first-order valence-corrected chi connectivity index (χ1v) is 11.2. The second-order valence-electron chi connectivity index (χ2n) is 7.67. The highest BCUT2D eigenvalue weighted by Gasteiger charge is 2.30. The molecule has 2 aliphatic heterocycles. The molecule has 1 aromatic carbocycles. The van der Waals surface area contributed by atoms with Gasteiger partial charge in [-0.3, -0.25) is 4.79 Å². The van der Waals surface area contributed by atoms with E-state index in [9.17, 15) is 4.79 Å². The molecule has 0 aliphatic carbocycles. The number of aromatic nitrogens is 2. The summed E-state index contributed by atoms with van der Waals surface area (Å²) in [7, 11) is 2.14. The van der Waals surface area contributed by atoms with Crippen LogP contribution in [0.4, 0.5) is 11.5 Å². The Morgan fingerprint density at radius 1 is 1.00 bits per heavy atom. The van der Waals surface area contributed by atoms with Crippen LogP contribution in [-0.2, 0) is 6.42 Å². The van der Waals surface area contributed by atoms with Crippen LogP contribution >= 0.6 is 22.9 Å². The summed E-state index contributed by atoms with van der Waals surface area (Å²) in [6.45, 7) is 4.65.